The first-order chi connectivity index (χ1) is 7.68. The van der Waals surface area contributed by atoms with Crippen molar-refractivity contribution in [1.82, 2.24) is 0 Å². The van der Waals surface area contributed by atoms with Crippen LogP contribution in [0.3, 0.4) is 0 Å². The van der Waals surface area contributed by atoms with Crippen LogP contribution in [0.5, 0.6) is 0 Å². The summed E-state index contributed by atoms with van der Waals surface area (Å²) in [5.74, 6) is -0.310. The number of halogens is 1. The molecule has 0 spiro atoms. The van der Waals surface area contributed by atoms with Crippen LogP contribution in [0.4, 0.5) is 4.39 Å². The Morgan fingerprint density at radius 1 is 1.06 bits per heavy atom. The lowest BCUT2D eigenvalue weighted by Gasteiger charge is -2.06. The highest BCUT2D eigenvalue weighted by atomic mass is 19.1. The summed E-state index contributed by atoms with van der Waals surface area (Å²) in [5, 5.41) is 0. The molecule has 0 saturated carbocycles. The molecular weight excluding hydrogens is 203 g/mol. The van der Waals surface area contributed by atoms with Gasteiger partial charge in [-0.2, -0.15) is 0 Å². The average molecular weight is 214 g/mol. The van der Waals surface area contributed by atoms with E-state index >= 15 is 0 Å². The van der Waals surface area contributed by atoms with Crippen molar-refractivity contribution in [1.29, 1.82) is 0 Å². The quantitative estimate of drug-likeness (QED) is 0.697. The highest BCUT2D eigenvalue weighted by molar-refractivity contribution is 6.00. The fraction of sp³-hybridized carbons (Fsp3) is 0.0714. The Hall–Kier alpha value is -1.96. The van der Waals surface area contributed by atoms with Crippen LogP contribution in [0.1, 0.15) is 17.3 Å². The molecule has 0 radical (unpaired) electrons. The Kier molecular flexibility index (Phi) is 2.82. The highest BCUT2D eigenvalue weighted by Crippen LogP contribution is 2.24. The maximum Gasteiger partial charge on any atom is 0.160 e. The van der Waals surface area contributed by atoms with Gasteiger partial charge >= 0.3 is 0 Å². The number of hydrogen-bond acceptors (Lipinski definition) is 1. The van der Waals surface area contributed by atoms with Gasteiger partial charge in [-0.1, -0.05) is 36.4 Å². The van der Waals surface area contributed by atoms with E-state index in [0.29, 0.717) is 5.56 Å². The Balaban J connectivity index is 2.60. The molecular formula is C14H11FO. The standard InChI is InChI=1S/C14H11FO/c1-10(16)13-7-2-3-8-14(13)11-5-4-6-12(15)9-11/h2-9H,1H3. The molecule has 16 heavy (non-hydrogen) atoms. The number of carbonyl (C=O) groups is 1. The van der Waals surface area contributed by atoms with Crippen LogP contribution in [-0.4, -0.2) is 5.78 Å². The van der Waals surface area contributed by atoms with Crippen LogP contribution >= 0.6 is 0 Å². The fourth-order valence-electron chi connectivity index (χ4n) is 1.70. The van der Waals surface area contributed by atoms with E-state index in [1.165, 1.54) is 19.1 Å². The molecule has 2 aromatic rings. The van der Waals surface area contributed by atoms with E-state index < -0.39 is 0 Å². The lowest BCUT2D eigenvalue weighted by atomic mass is 9.97. The highest BCUT2D eigenvalue weighted by Gasteiger charge is 2.08. The second-order valence-corrected chi connectivity index (χ2v) is 3.61. The molecule has 0 bridgehead atoms. The zero-order valence-electron chi connectivity index (χ0n) is 8.91. The predicted molar refractivity (Wildman–Crippen MR) is 61.8 cm³/mol. The third kappa shape index (κ3) is 2.01. The monoisotopic (exact) mass is 214 g/mol. The van der Waals surface area contributed by atoms with E-state index in [4.69, 9.17) is 0 Å². The minimum Gasteiger partial charge on any atom is -0.294 e. The Morgan fingerprint density at radius 3 is 2.50 bits per heavy atom. The molecule has 0 amide bonds. The molecule has 0 saturated heterocycles. The maximum absolute atomic E-state index is 13.1. The third-order valence-corrected chi connectivity index (χ3v) is 2.44. The van der Waals surface area contributed by atoms with Gasteiger partial charge in [0.05, 0.1) is 0 Å². The topological polar surface area (TPSA) is 17.1 Å². The number of Topliss-reactive ketones (excluding diaryl/α,β-unsaturated/α-hetero) is 1. The Bertz CT molecular complexity index is 532. The van der Waals surface area contributed by atoms with Crippen LogP contribution in [-0.2, 0) is 0 Å². The average Bonchev–Trinajstić information content (AvgIpc) is 2.29. The van der Waals surface area contributed by atoms with Crippen LogP contribution in [0.15, 0.2) is 48.5 Å². The molecule has 2 rings (SSSR count). The first kappa shape index (κ1) is 10.6. The minimum atomic E-state index is -0.296. The first-order valence-corrected chi connectivity index (χ1v) is 5.04. The van der Waals surface area contributed by atoms with Gasteiger partial charge in [-0.3, -0.25) is 4.79 Å². The van der Waals surface area contributed by atoms with Gasteiger partial charge in [-0.05, 0) is 30.2 Å². The van der Waals surface area contributed by atoms with Gasteiger partial charge in [-0.15, -0.1) is 0 Å². The summed E-state index contributed by atoms with van der Waals surface area (Å²) in [4.78, 5) is 11.4. The van der Waals surface area contributed by atoms with Gasteiger partial charge in [0.15, 0.2) is 5.78 Å². The van der Waals surface area contributed by atoms with Crippen LogP contribution in [0, 0.1) is 5.82 Å². The summed E-state index contributed by atoms with van der Waals surface area (Å²) < 4.78 is 13.1. The summed E-state index contributed by atoms with van der Waals surface area (Å²) >= 11 is 0. The largest absolute Gasteiger partial charge is 0.294 e. The zero-order valence-corrected chi connectivity index (χ0v) is 8.91. The van der Waals surface area contributed by atoms with Crippen molar-refractivity contribution in [2.75, 3.05) is 0 Å². The molecule has 80 valence electrons. The number of benzene rings is 2. The molecule has 2 heteroatoms. The lowest BCUT2D eigenvalue weighted by molar-refractivity contribution is 0.101. The molecule has 0 N–H and O–H groups in total. The normalized spacial score (nSPS) is 10.1. The molecule has 2 aromatic carbocycles. The van der Waals surface area contributed by atoms with Crippen molar-refractivity contribution in [3.05, 3.63) is 59.9 Å². The van der Waals surface area contributed by atoms with Gasteiger partial charge in [-0.25, -0.2) is 4.39 Å². The molecule has 0 atom stereocenters. The summed E-state index contributed by atoms with van der Waals surface area (Å²) in [6.45, 7) is 1.51. The first-order valence-electron chi connectivity index (χ1n) is 5.04. The maximum atomic E-state index is 13.1. The van der Waals surface area contributed by atoms with E-state index in [0.717, 1.165) is 11.1 Å². The molecule has 0 aliphatic carbocycles. The number of rotatable bonds is 2. The van der Waals surface area contributed by atoms with Gasteiger partial charge in [0, 0.05) is 5.56 Å². The molecule has 0 fully saturated rings. The van der Waals surface area contributed by atoms with Crippen molar-refractivity contribution in [2.45, 2.75) is 6.92 Å². The molecule has 0 aliphatic heterocycles. The van der Waals surface area contributed by atoms with Crippen molar-refractivity contribution < 1.29 is 9.18 Å². The molecule has 0 heterocycles. The predicted octanol–water partition coefficient (Wildman–Crippen LogP) is 3.70. The van der Waals surface area contributed by atoms with Crippen molar-refractivity contribution in [3.8, 4) is 11.1 Å². The van der Waals surface area contributed by atoms with Crippen molar-refractivity contribution in [2.24, 2.45) is 0 Å². The molecule has 0 aromatic heterocycles. The Morgan fingerprint density at radius 2 is 1.81 bits per heavy atom. The number of carbonyl (C=O) groups excluding carboxylic acids is 1. The smallest absolute Gasteiger partial charge is 0.160 e. The zero-order chi connectivity index (χ0) is 11.5. The van der Waals surface area contributed by atoms with Gasteiger partial charge < -0.3 is 0 Å². The molecule has 0 aliphatic rings. The van der Waals surface area contributed by atoms with E-state index in [-0.39, 0.29) is 11.6 Å². The van der Waals surface area contributed by atoms with Gasteiger partial charge in [0.2, 0.25) is 0 Å². The Labute approximate surface area is 93.5 Å². The van der Waals surface area contributed by atoms with E-state index in [1.54, 1.807) is 24.3 Å². The van der Waals surface area contributed by atoms with Gasteiger partial charge in [0.1, 0.15) is 5.82 Å². The van der Waals surface area contributed by atoms with E-state index in [2.05, 4.69) is 0 Å². The van der Waals surface area contributed by atoms with E-state index in [1.807, 2.05) is 12.1 Å². The number of hydrogen-bond donors (Lipinski definition) is 0. The second-order valence-electron chi connectivity index (χ2n) is 3.61. The summed E-state index contributed by atoms with van der Waals surface area (Å²) in [6.07, 6.45) is 0. The summed E-state index contributed by atoms with van der Waals surface area (Å²) in [5.41, 5.74) is 2.12. The lowest BCUT2D eigenvalue weighted by Crippen LogP contribution is -1.95. The summed E-state index contributed by atoms with van der Waals surface area (Å²) in [6, 6.07) is 13.5. The van der Waals surface area contributed by atoms with Crippen LogP contribution in [0.25, 0.3) is 11.1 Å². The molecule has 0 unspecified atom stereocenters. The second kappa shape index (κ2) is 4.27. The summed E-state index contributed by atoms with van der Waals surface area (Å²) in [7, 11) is 0. The van der Waals surface area contributed by atoms with Crippen LogP contribution in [0.2, 0.25) is 0 Å². The third-order valence-electron chi connectivity index (χ3n) is 2.44. The van der Waals surface area contributed by atoms with Crippen LogP contribution < -0.4 is 0 Å². The fourth-order valence-corrected chi connectivity index (χ4v) is 1.70. The van der Waals surface area contributed by atoms with Crippen molar-refractivity contribution in [3.63, 3.8) is 0 Å². The van der Waals surface area contributed by atoms with Crippen molar-refractivity contribution >= 4 is 5.78 Å². The SMILES string of the molecule is CC(=O)c1ccccc1-c1cccc(F)c1. The van der Waals surface area contributed by atoms with E-state index in [9.17, 15) is 9.18 Å². The van der Waals surface area contributed by atoms with Gasteiger partial charge in [0.25, 0.3) is 0 Å². The molecule has 1 nitrogen and oxygen atoms in total. The minimum absolute atomic E-state index is 0.0140. The number of ketones is 1.